The first-order valence-corrected chi connectivity index (χ1v) is 10.5. The summed E-state index contributed by atoms with van der Waals surface area (Å²) < 4.78 is 10.3. The van der Waals surface area contributed by atoms with Crippen molar-refractivity contribution >= 4 is 12.0 Å². The van der Waals surface area contributed by atoms with E-state index in [0.29, 0.717) is 5.75 Å². The van der Waals surface area contributed by atoms with Crippen molar-refractivity contribution in [1.29, 1.82) is 0 Å². The Kier molecular flexibility index (Phi) is 11.2. The van der Waals surface area contributed by atoms with E-state index in [1.54, 1.807) is 12.1 Å². The van der Waals surface area contributed by atoms with Gasteiger partial charge in [0.15, 0.2) is 11.5 Å². The first kappa shape index (κ1) is 26.1. The number of hydrogen-bond acceptors (Lipinski definition) is 5. The first-order chi connectivity index (χ1) is 14.6. The van der Waals surface area contributed by atoms with Crippen molar-refractivity contribution in [2.45, 2.75) is 60.0 Å². The molecule has 1 aromatic carbocycles. The maximum atomic E-state index is 12.6. The van der Waals surface area contributed by atoms with E-state index in [1.165, 1.54) is 18.7 Å². The van der Waals surface area contributed by atoms with Gasteiger partial charge in [0, 0.05) is 6.54 Å². The van der Waals surface area contributed by atoms with E-state index >= 15 is 0 Å². The predicted octanol–water partition coefficient (Wildman–Crippen LogP) is 4.46. The van der Waals surface area contributed by atoms with Crippen molar-refractivity contribution in [2.75, 3.05) is 13.7 Å². The minimum absolute atomic E-state index is 0.0308. The highest BCUT2D eigenvalue weighted by atomic mass is 16.5. The number of phenolic OH excluding ortho intramolecular Hbond substituents is 1. The molecule has 7 heteroatoms. The van der Waals surface area contributed by atoms with E-state index in [-0.39, 0.29) is 30.7 Å². The van der Waals surface area contributed by atoms with Crippen LogP contribution >= 0.6 is 0 Å². The van der Waals surface area contributed by atoms with Gasteiger partial charge < -0.3 is 25.2 Å². The smallest absolute Gasteiger partial charge is 0.408 e. The average molecular weight is 433 g/mol. The van der Waals surface area contributed by atoms with Crippen LogP contribution in [0.1, 0.15) is 53.0 Å². The summed E-state index contributed by atoms with van der Waals surface area (Å²) in [5.74, 6) is -0.0722. The third-order valence-electron chi connectivity index (χ3n) is 4.67. The van der Waals surface area contributed by atoms with Gasteiger partial charge in [0.05, 0.1) is 7.11 Å². The van der Waals surface area contributed by atoms with Crippen molar-refractivity contribution < 1.29 is 24.2 Å². The number of carbonyl (C=O) groups excluding carboxylic acids is 2. The molecule has 1 rings (SSSR count). The SMILES string of the molecule is COc1cc(CNC(=O)C(NC(=O)OCC=C(C)CCC=C(C)C)C(C)C)ccc1O. The van der Waals surface area contributed by atoms with Crippen molar-refractivity contribution in [3.8, 4) is 11.5 Å². The summed E-state index contributed by atoms with van der Waals surface area (Å²) in [6.07, 6.45) is 5.29. The van der Waals surface area contributed by atoms with Gasteiger partial charge in [0.25, 0.3) is 0 Å². The van der Waals surface area contributed by atoms with Crippen LogP contribution in [0.4, 0.5) is 4.79 Å². The summed E-state index contributed by atoms with van der Waals surface area (Å²) >= 11 is 0. The molecule has 3 N–H and O–H groups in total. The van der Waals surface area contributed by atoms with E-state index in [1.807, 2.05) is 26.8 Å². The van der Waals surface area contributed by atoms with Crippen LogP contribution in [0.15, 0.2) is 41.5 Å². The van der Waals surface area contributed by atoms with Gasteiger partial charge in [-0.2, -0.15) is 0 Å². The molecule has 1 unspecified atom stereocenters. The molecule has 0 fully saturated rings. The number of alkyl carbamates (subject to hydrolysis) is 1. The van der Waals surface area contributed by atoms with Gasteiger partial charge in [0.2, 0.25) is 5.91 Å². The zero-order chi connectivity index (χ0) is 23.4. The van der Waals surface area contributed by atoms with Gasteiger partial charge in [-0.1, -0.05) is 37.1 Å². The molecule has 7 nitrogen and oxygen atoms in total. The van der Waals surface area contributed by atoms with E-state index in [0.717, 1.165) is 24.0 Å². The molecule has 0 radical (unpaired) electrons. The highest BCUT2D eigenvalue weighted by molar-refractivity contribution is 5.85. The van der Waals surface area contributed by atoms with E-state index in [2.05, 4.69) is 30.6 Å². The monoisotopic (exact) mass is 432 g/mol. The second kappa shape index (κ2) is 13.4. The van der Waals surface area contributed by atoms with Crippen LogP contribution in [0.3, 0.4) is 0 Å². The molecule has 0 aliphatic heterocycles. The fraction of sp³-hybridized carbons (Fsp3) is 0.500. The van der Waals surface area contributed by atoms with Crippen LogP contribution in [-0.2, 0) is 16.1 Å². The molecule has 1 atom stereocenters. The molecular weight excluding hydrogens is 396 g/mol. The quantitative estimate of drug-likeness (QED) is 0.449. The number of benzene rings is 1. The number of methoxy groups -OCH3 is 1. The Morgan fingerprint density at radius 2 is 1.87 bits per heavy atom. The fourth-order valence-electron chi connectivity index (χ4n) is 2.78. The van der Waals surface area contributed by atoms with Gasteiger partial charge in [0.1, 0.15) is 12.6 Å². The topological polar surface area (TPSA) is 96.9 Å². The maximum Gasteiger partial charge on any atom is 0.408 e. The number of rotatable bonds is 11. The number of aromatic hydroxyl groups is 1. The van der Waals surface area contributed by atoms with Crippen molar-refractivity contribution in [3.05, 3.63) is 47.1 Å². The average Bonchev–Trinajstić information content (AvgIpc) is 2.70. The van der Waals surface area contributed by atoms with Gasteiger partial charge in [-0.05, 0) is 63.3 Å². The number of ether oxygens (including phenoxy) is 2. The molecule has 1 aromatic rings. The van der Waals surface area contributed by atoms with Gasteiger partial charge >= 0.3 is 6.09 Å². The first-order valence-electron chi connectivity index (χ1n) is 10.5. The largest absolute Gasteiger partial charge is 0.504 e. The summed E-state index contributed by atoms with van der Waals surface area (Å²) in [5, 5.41) is 15.1. The summed E-state index contributed by atoms with van der Waals surface area (Å²) in [5.41, 5.74) is 3.19. The maximum absolute atomic E-state index is 12.6. The van der Waals surface area contributed by atoms with Crippen LogP contribution in [-0.4, -0.2) is 36.9 Å². The summed E-state index contributed by atoms with van der Waals surface area (Å²) in [6.45, 7) is 10.2. The molecule has 0 aliphatic rings. The third kappa shape index (κ3) is 10.1. The van der Waals surface area contributed by atoms with Gasteiger partial charge in [-0.25, -0.2) is 4.79 Å². The molecule has 0 aromatic heterocycles. The van der Waals surface area contributed by atoms with Crippen molar-refractivity contribution in [2.24, 2.45) is 5.92 Å². The number of hydrogen-bond donors (Lipinski definition) is 3. The summed E-state index contributed by atoms with van der Waals surface area (Å²) in [7, 11) is 1.46. The number of phenols is 1. The molecule has 0 aliphatic carbocycles. The highest BCUT2D eigenvalue weighted by Crippen LogP contribution is 2.26. The lowest BCUT2D eigenvalue weighted by Gasteiger charge is -2.21. The minimum atomic E-state index is -0.728. The van der Waals surface area contributed by atoms with Gasteiger partial charge in [-0.3, -0.25) is 4.79 Å². The molecule has 0 saturated heterocycles. The van der Waals surface area contributed by atoms with Crippen LogP contribution in [0.25, 0.3) is 0 Å². The van der Waals surface area contributed by atoms with Crippen molar-refractivity contribution in [1.82, 2.24) is 10.6 Å². The molecule has 2 amide bonds. The van der Waals surface area contributed by atoms with Crippen LogP contribution < -0.4 is 15.4 Å². The lowest BCUT2D eigenvalue weighted by atomic mass is 10.0. The predicted molar refractivity (Wildman–Crippen MR) is 122 cm³/mol. The standard InChI is InChI=1S/C24H36N2O5/c1-16(2)8-7-9-18(5)12-13-31-24(29)26-22(17(3)4)23(28)25-15-19-10-11-20(27)21(14-19)30-6/h8,10-12,14,17,22,27H,7,9,13,15H2,1-6H3,(H,25,28)(H,26,29). The highest BCUT2D eigenvalue weighted by Gasteiger charge is 2.24. The zero-order valence-corrected chi connectivity index (χ0v) is 19.5. The number of carbonyl (C=O) groups is 2. The number of amides is 2. The Labute approximate surface area is 185 Å². The molecular formula is C24H36N2O5. The van der Waals surface area contributed by atoms with Crippen LogP contribution in [0.5, 0.6) is 11.5 Å². The Hall–Kier alpha value is -2.96. The van der Waals surface area contributed by atoms with Crippen molar-refractivity contribution in [3.63, 3.8) is 0 Å². The zero-order valence-electron chi connectivity index (χ0n) is 19.5. The number of nitrogens with one attached hydrogen (secondary N) is 2. The lowest BCUT2D eigenvalue weighted by Crippen LogP contribution is -2.49. The lowest BCUT2D eigenvalue weighted by molar-refractivity contribution is -0.124. The van der Waals surface area contributed by atoms with Crippen LogP contribution in [0, 0.1) is 5.92 Å². The number of allylic oxidation sites excluding steroid dienone is 3. The van der Waals surface area contributed by atoms with Gasteiger partial charge in [-0.15, -0.1) is 0 Å². The molecule has 0 saturated carbocycles. The van der Waals surface area contributed by atoms with E-state index in [9.17, 15) is 14.7 Å². The van der Waals surface area contributed by atoms with E-state index in [4.69, 9.17) is 9.47 Å². The second-order valence-corrected chi connectivity index (χ2v) is 8.06. The minimum Gasteiger partial charge on any atom is -0.504 e. The normalized spacial score (nSPS) is 12.2. The Morgan fingerprint density at radius 1 is 1.16 bits per heavy atom. The Bertz CT molecular complexity index is 795. The molecule has 0 spiro atoms. The second-order valence-electron chi connectivity index (χ2n) is 8.06. The van der Waals surface area contributed by atoms with E-state index < -0.39 is 12.1 Å². The summed E-state index contributed by atoms with van der Waals surface area (Å²) in [6, 6.07) is 4.12. The summed E-state index contributed by atoms with van der Waals surface area (Å²) in [4.78, 5) is 24.7. The molecule has 0 heterocycles. The Morgan fingerprint density at radius 3 is 2.48 bits per heavy atom. The Balaban J connectivity index is 2.54. The molecule has 31 heavy (non-hydrogen) atoms. The fourth-order valence-corrected chi connectivity index (χ4v) is 2.78. The third-order valence-corrected chi connectivity index (χ3v) is 4.67. The molecule has 172 valence electrons. The van der Waals surface area contributed by atoms with Crippen LogP contribution in [0.2, 0.25) is 0 Å². The molecule has 0 bridgehead atoms.